The molecule has 0 aliphatic carbocycles. The number of hydrogen-bond donors (Lipinski definition) is 2. The SMILES string of the molecule is CC/C=C\C/C=C\C/C=C\C/C=C\C/C=C\CCCCCCCCCCCCCCCCCCCCCCCC(=O)OC(COC(=O)CCCCCCCCCCCC)COP(=O)(O)OCCN. The summed E-state index contributed by atoms with van der Waals surface area (Å²) in [5.41, 5.74) is 5.36. The Labute approximate surface area is 419 Å². The molecule has 9 nitrogen and oxygen atoms in total. The molecule has 10 heteroatoms. The van der Waals surface area contributed by atoms with E-state index in [4.69, 9.17) is 24.3 Å². The molecular formula is C58H106NO8P. The van der Waals surface area contributed by atoms with Gasteiger partial charge >= 0.3 is 19.8 Å². The molecule has 0 radical (unpaired) electrons. The van der Waals surface area contributed by atoms with Crippen molar-refractivity contribution in [1.29, 1.82) is 0 Å². The van der Waals surface area contributed by atoms with Crippen LogP contribution in [-0.2, 0) is 32.7 Å². The van der Waals surface area contributed by atoms with E-state index in [1.54, 1.807) is 0 Å². The first-order valence-corrected chi connectivity index (χ1v) is 29.8. The van der Waals surface area contributed by atoms with Gasteiger partial charge in [-0.3, -0.25) is 18.6 Å². The van der Waals surface area contributed by atoms with Crippen molar-refractivity contribution in [2.45, 2.75) is 270 Å². The summed E-state index contributed by atoms with van der Waals surface area (Å²) in [6, 6.07) is 0. The predicted octanol–water partition coefficient (Wildman–Crippen LogP) is 17.6. The van der Waals surface area contributed by atoms with Crippen molar-refractivity contribution in [3.8, 4) is 0 Å². The van der Waals surface area contributed by atoms with Gasteiger partial charge in [0.2, 0.25) is 0 Å². The Hall–Kier alpha value is -2.29. The zero-order valence-electron chi connectivity index (χ0n) is 44.1. The minimum atomic E-state index is -4.38. The fraction of sp³-hybridized carbons (Fsp3) is 0.793. The van der Waals surface area contributed by atoms with Gasteiger partial charge in [0.15, 0.2) is 6.10 Å². The maximum absolute atomic E-state index is 12.6. The van der Waals surface area contributed by atoms with Gasteiger partial charge in [-0.05, 0) is 57.8 Å². The number of esters is 2. The number of ether oxygens (including phenoxy) is 2. The molecule has 68 heavy (non-hydrogen) atoms. The van der Waals surface area contributed by atoms with Crippen LogP contribution in [0.3, 0.4) is 0 Å². The Morgan fingerprint density at radius 1 is 0.456 bits per heavy atom. The van der Waals surface area contributed by atoms with Crippen molar-refractivity contribution >= 4 is 19.8 Å². The summed E-state index contributed by atoms with van der Waals surface area (Å²) in [5.74, 6) is -0.819. The van der Waals surface area contributed by atoms with Crippen molar-refractivity contribution in [3.05, 3.63) is 60.8 Å². The topological polar surface area (TPSA) is 134 Å². The normalized spacial score (nSPS) is 13.5. The first-order chi connectivity index (χ1) is 33.3. The number of allylic oxidation sites excluding steroid dienone is 10. The quantitative estimate of drug-likeness (QED) is 0.0264. The predicted molar refractivity (Wildman–Crippen MR) is 289 cm³/mol. The molecule has 0 aromatic heterocycles. The van der Waals surface area contributed by atoms with E-state index < -0.39 is 26.5 Å². The first kappa shape index (κ1) is 65.7. The molecule has 3 N–H and O–H groups in total. The Bertz CT molecular complexity index is 1300. The maximum Gasteiger partial charge on any atom is 0.472 e. The van der Waals surface area contributed by atoms with Crippen LogP contribution in [0.25, 0.3) is 0 Å². The molecule has 0 heterocycles. The van der Waals surface area contributed by atoms with Crippen molar-refractivity contribution in [3.63, 3.8) is 0 Å². The molecule has 0 saturated heterocycles. The van der Waals surface area contributed by atoms with Crippen LogP contribution in [0.4, 0.5) is 0 Å². The van der Waals surface area contributed by atoms with E-state index in [0.717, 1.165) is 64.2 Å². The van der Waals surface area contributed by atoms with E-state index in [-0.39, 0.29) is 38.6 Å². The second-order valence-corrected chi connectivity index (χ2v) is 20.2. The van der Waals surface area contributed by atoms with Crippen molar-refractivity contribution in [1.82, 2.24) is 0 Å². The van der Waals surface area contributed by atoms with Gasteiger partial charge in [0.1, 0.15) is 6.61 Å². The third kappa shape index (κ3) is 53.1. The largest absolute Gasteiger partial charge is 0.472 e. The summed E-state index contributed by atoms with van der Waals surface area (Å²) >= 11 is 0. The second kappa shape index (κ2) is 54.1. The molecule has 2 atom stereocenters. The zero-order chi connectivity index (χ0) is 49.5. The first-order valence-electron chi connectivity index (χ1n) is 28.3. The lowest BCUT2D eigenvalue weighted by Crippen LogP contribution is -2.29. The third-order valence-electron chi connectivity index (χ3n) is 12.2. The van der Waals surface area contributed by atoms with Crippen molar-refractivity contribution in [2.24, 2.45) is 5.73 Å². The standard InChI is InChI=1S/C58H106NO8P/c1-3-5-7-9-11-13-15-16-17-18-19-20-21-22-23-24-25-26-27-28-29-30-31-32-33-34-35-36-37-38-39-40-41-43-45-47-49-51-58(61)67-56(55-66-68(62,63)65-53-52-59)54-64-57(60)50-48-46-44-42-14-12-10-8-6-4-2/h5,7,11,13,16-17,19-20,22-23,56H,3-4,6,8-10,12,14-15,18,21,24-55,59H2,1-2H3,(H,62,63)/b7-5-,13-11-,17-16-,20-19-,23-22-. The Kier molecular flexibility index (Phi) is 52.2. The molecule has 0 aromatic rings. The number of rotatable bonds is 53. The van der Waals surface area contributed by atoms with Gasteiger partial charge in [-0.15, -0.1) is 0 Å². The van der Waals surface area contributed by atoms with Gasteiger partial charge in [-0.1, -0.05) is 254 Å². The lowest BCUT2D eigenvalue weighted by Gasteiger charge is -2.19. The van der Waals surface area contributed by atoms with Crippen LogP contribution in [0, 0.1) is 0 Å². The molecule has 0 aliphatic rings. The van der Waals surface area contributed by atoms with Gasteiger partial charge in [-0.25, -0.2) is 4.57 Å². The Morgan fingerprint density at radius 3 is 1.21 bits per heavy atom. The molecule has 396 valence electrons. The number of hydrogen-bond acceptors (Lipinski definition) is 8. The fourth-order valence-corrected chi connectivity index (χ4v) is 8.78. The van der Waals surface area contributed by atoms with Gasteiger partial charge < -0.3 is 20.1 Å². The number of phosphoric ester groups is 1. The van der Waals surface area contributed by atoms with Crippen LogP contribution >= 0.6 is 7.82 Å². The molecule has 0 fully saturated rings. The second-order valence-electron chi connectivity index (χ2n) is 18.8. The van der Waals surface area contributed by atoms with Crippen molar-refractivity contribution in [2.75, 3.05) is 26.4 Å². The van der Waals surface area contributed by atoms with E-state index in [1.807, 2.05) is 0 Å². The highest BCUT2D eigenvalue weighted by atomic mass is 31.2. The Morgan fingerprint density at radius 2 is 0.809 bits per heavy atom. The van der Waals surface area contributed by atoms with Gasteiger partial charge in [0.25, 0.3) is 0 Å². The summed E-state index contributed by atoms with van der Waals surface area (Å²) in [7, 11) is -4.38. The summed E-state index contributed by atoms with van der Waals surface area (Å²) in [6.07, 6.45) is 67.3. The molecule has 2 unspecified atom stereocenters. The van der Waals surface area contributed by atoms with Gasteiger partial charge in [0, 0.05) is 19.4 Å². The van der Waals surface area contributed by atoms with E-state index in [1.165, 1.54) is 167 Å². The van der Waals surface area contributed by atoms with E-state index in [2.05, 4.69) is 74.6 Å². The summed E-state index contributed by atoms with van der Waals surface area (Å²) < 4.78 is 32.9. The molecule has 0 aromatic carbocycles. The van der Waals surface area contributed by atoms with Crippen LogP contribution in [0.15, 0.2) is 60.8 Å². The number of phosphoric acid groups is 1. The number of unbranched alkanes of at least 4 members (excludes halogenated alkanes) is 30. The lowest BCUT2D eigenvalue weighted by molar-refractivity contribution is -0.161. The average molecular weight is 976 g/mol. The fourth-order valence-electron chi connectivity index (χ4n) is 8.02. The molecule has 0 bridgehead atoms. The van der Waals surface area contributed by atoms with Crippen LogP contribution in [0.5, 0.6) is 0 Å². The molecule has 0 aliphatic heterocycles. The summed E-state index contributed by atoms with van der Waals surface area (Å²) in [6.45, 7) is 3.63. The van der Waals surface area contributed by atoms with E-state index in [9.17, 15) is 19.0 Å². The van der Waals surface area contributed by atoms with Crippen molar-refractivity contribution < 1.29 is 37.6 Å². The monoisotopic (exact) mass is 976 g/mol. The third-order valence-corrected chi connectivity index (χ3v) is 13.2. The maximum atomic E-state index is 12.6. The van der Waals surface area contributed by atoms with Gasteiger partial charge in [-0.2, -0.15) is 0 Å². The summed E-state index contributed by atoms with van der Waals surface area (Å²) in [4.78, 5) is 35.0. The van der Waals surface area contributed by atoms with Crippen LogP contribution < -0.4 is 5.73 Å². The van der Waals surface area contributed by atoms with E-state index in [0.29, 0.717) is 6.42 Å². The minimum absolute atomic E-state index is 0.0549. The van der Waals surface area contributed by atoms with Crippen LogP contribution in [-0.4, -0.2) is 49.3 Å². The smallest absolute Gasteiger partial charge is 0.462 e. The molecule has 0 rings (SSSR count). The highest BCUT2D eigenvalue weighted by Crippen LogP contribution is 2.43. The lowest BCUT2D eigenvalue weighted by atomic mass is 10.0. The van der Waals surface area contributed by atoms with Gasteiger partial charge in [0.05, 0.1) is 13.2 Å². The highest BCUT2D eigenvalue weighted by Gasteiger charge is 2.26. The number of carbonyl (C=O) groups is 2. The zero-order valence-corrected chi connectivity index (χ0v) is 45.0. The molecular weight excluding hydrogens is 870 g/mol. The molecule has 0 amide bonds. The van der Waals surface area contributed by atoms with E-state index >= 15 is 0 Å². The average Bonchev–Trinajstić information content (AvgIpc) is 3.33. The summed E-state index contributed by atoms with van der Waals surface area (Å²) in [5, 5.41) is 0. The molecule has 0 saturated carbocycles. The van der Waals surface area contributed by atoms with Crippen LogP contribution in [0.1, 0.15) is 264 Å². The number of nitrogens with two attached hydrogens (primary N) is 1. The Balaban J connectivity index is 3.77. The minimum Gasteiger partial charge on any atom is -0.462 e. The highest BCUT2D eigenvalue weighted by molar-refractivity contribution is 7.47. The van der Waals surface area contributed by atoms with Crippen LogP contribution in [0.2, 0.25) is 0 Å². The number of carbonyl (C=O) groups excluding carboxylic acids is 2. The molecule has 0 spiro atoms.